The fourth-order valence-electron chi connectivity index (χ4n) is 2.47. The van der Waals surface area contributed by atoms with Gasteiger partial charge in [0.15, 0.2) is 0 Å². The molecule has 1 heterocycles. The lowest BCUT2D eigenvalue weighted by molar-refractivity contribution is 0.307. The van der Waals surface area contributed by atoms with Crippen molar-refractivity contribution in [1.82, 2.24) is 4.98 Å². The SMILES string of the molecule is CC1(Nc2ccc(N)c3cc(Br)cnc23)CCC1. The Balaban J connectivity index is 2.09. The fraction of sp³-hybridized carbons (Fsp3) is 0.357. The van der Waals surface area contributed by atoms with Gasteiger partial charge in [0.2, 0.25) is 0 Å². The minimum absolute atomic E-state index is 0.220. The van der Waals surface area contributed by atoms with Crippen LogP contribution in [-0.4, -0.2) is 10.5 Å². The molecule has 0 atom stereocenters. The van der Waals surface area contributed by atoms with Gasteiger partial charge in [-0.25, -0.2) is 0 Å². The number of aromatic nitrogens is 1. The molecule has 0 aliphatic heterocycles. The number of benzene rings is 1. The predicted molar refractivity (Wildman–Crippen MR) is 79.7 cm³/mol. The molecule has 2 aromatic rings. The van der Waals surface area contributed by atoms with Crippen molar-refractivity contribution in [2.75, 3.05) is 11.1 Å². The number of fused-ring (bicyclic) bond motifs is 1. The second-order valence-corrected chi connectivity index (χ2v) is 6.21. The molecule has 1 saturated carbocycles. The van der Waals surface area contributed by atoms with Crippen LogP contribution in [0, 0.1) is 0 Å². The highest BCUT2D eigenvalue weighted by Crippen LogP contribution is 2.37. The Morgan fingerprint density at radius 2 is 2.17 bits per heavy atom. The van der Waals surface area contributed by atoms with E-state index in [1.54, 1.807) is 0 Å². The highest BCUT2D eigenvalue weighted by atomic mass is 79.9. The molecule has 1 aromatic carbocycles. The maximum Gasteiger partial charge on any atom is 0.0954 e. The van der Waals surface area contributed by atoms with Crippen molar-refractivity contribution in [3.63, 3.8) is 0 Å². The fourth-order valence-corrected chi connectivity index (χ4v) is 2.81. The Labute approximate surface area is 115 Å². The van der Waals surface area contributed by atoms with Crippen LogP contribution in [0.5, 0.6) is 0 Å². The van der Waals surface area contributed by atoms with Gasteiger partial charge in [0, 0.05) is 27.3 Å². The van der Waals surface area contributed by atoms with Crippen LogP contribution in [0.15, 0.2) is 28.9 Å². The van der Waals surface area contributed by atoms with Gasteiger partial charge in [-0.2, -0.15) is 0 Å². The molecule has 1 aliphatic rings. The van der Waals surface area contributed by atoms with Crippen molar-refractivity contribution in [1.29, 1.82) is 0 Å². The standard InChI is InChI=1S/C14H16BrN3/c1-14(5-2-6-14)18-12-4-3-11(16)10-7-9(15)8-17-13(10)12/h3-4,7-8,18H,2,5-6,16H2,1H3. The summed E-state index contributed by atoms with van der Waals surface area (Å²) in [7, 11) is 0. The first kappa shape index (κ1) is 11.8. The van der Waals surface area contributed by atoms with E-state index in [2.05, 4.69) is 33.2 Å². The zero-order valence-electron chi connectivity index (χ0n) is 10.3. The molecule has 0 saturated heterocycles. The quantitative estimate of drug-likeness (QED) is 0.826. The largest absolute Gasteiger partial charge is 0.398 e. The van der Waals surface area contributed by atoms with E-state index in [1.165, 1.54) is 19.3 Å². The van der Waals surface area contributed by atoms with Gasteiger partial charge in [-0.1, -0.05) is 0 Å². The van der Waals surface area contributed by atoms with Crippen molar-refractivity contribution in [3.05, 3.63) is 28.9 Å². The van der Waals surface area contributed by atoms with Crippen molar-refractivity contribution in [2.45, 2.75) is 31.7 Å². The van der Waals surface area contributed by atoms with E-state index in [0.29, 0.717) is 0 Å². The molecule has 3 rings (SSSR count). The second-order valence-electron chi connectivity index (χ2n) is 5.29. The van der Waals surface area contributed by atoms with Crippen LogP contribution in [0.4, 0.5) is 11.4 Å². The van der Waals surface area contributed by atoms with E-state index in [1.807, 2.05) is 24.4 Å². The highest BCUT2D eigenvalue weighted by molar-refractivity contribution is 9.10. The summed E-state index contributed by atoms with van der Waals surface area (Å²) in [5.74, 6) is 0. The normalized spacial score (nSPS) is 17.4. The van der Waals surface area contributed by atoms with E-state index >= 15 is 0 Å². The van der Waals surface area contributed by atoms with Crippen LogP contribution in [0.1, 0.15) is 26.2 Å². The van der Waals surface area contributed by atoms with Gasteiger partial charge >= 0.3 is 0 Å². The zero-order valence-corrected chi connectivity index (χ0v) is 11.9. The third-order valence-electron chi connectivity index (χ3n) is 3.74. The van der Waals surface area contributed by atoms with Gasteiger partial charge in [-0.3, -0.25) is 4.98 Å². The van der Waals surface area contributed by atoms with Gasteiger partial charge in [-0.05, 0) is 60.3 Å². The molecule has 0 radical (unpaired) electrons. The molecule has 3 N–H and O–H groups in total. The van der Waals surface area contributed by atoms with Gasteiger partial charge in [0.05, 0.1) is 11.2 Å². The molecule has 4 heteroatoms. The second kappa shape index (κ2) is 4.12. The molecule has 94 valence electrons. The van der Waals surface area contributed by atoms with Crippen LogP contribution in [0.3, 0.4) is 0 Å². The summed E-state index contributed by atoms with van der Waals surface area (Å²) in [5, 5.41) is 4.61. The maximum atomic E-state index is 6.02. The molecule has 0 bridgehead atoms. The van der Waals surface area contributed by atoms with Gasteiger partial charge < -0.3 is 11.1 Å². The first-order chi connectivity index (χ1) is 8.57. The van der Waals surface area contributed by atoms with Crippen LogP contribution >= 0.6 is 15.9 Å². The Morgan fingerprint density at radius 1 is 1.39 bits per heavy atom. The van der Waals surface area contributed by atoms with Crippen LogP contribution < -0.4 is 11.1 Å². The highest BCUT2D eigenvalue weighted by Gasteiger charge is 2.31. The molecular formula is C14H16BrN3. The molecule has 1 aliphatic carbocycles. The number of nitrogen functional groups attached to an aromatic ring is 1. The number of anilines is 2. The Kier molecular flexibility index (Phi) is 2.70. The van der Waals surface area contributed by atoms with Crippen LogP contribution in [-0.2, 0) is 0 Å². The van der Waals surface area contributed by atoms with Gasteiger partial charge in [-0.15, -0.1) is 0 Å². The lowest BCUT2D eigenvalue weighted by Crippen LogP contribution is -2.41. The first-order valence-corrected chi connectivity index (χ1v) is 6.99. The van der Waals surface area contributed by atoms with E-state index in [4.69, 9.17) is 5.73 Å². The lowest BCUT2D eigenvalue weighted by Gasteiger charge is -2.40. The maximum absolute atomic E-state index is 6.02. The average molecular weight is 306 g/mol. The smallest absolute Gasteiger partial charge is 0.0954 e. The molecule has 1 aromatic heterocycles. The molecule has 0 amide bonds. The summed E-state index contributed by atoms with van der Waals surface area (Å²) >= 11 is 3.44. The number of rotatable bonds is 2. The third kappa shape index (κ3) is 1.94. The van der Waals surface area contributed by atoms with E-state index in [-0.39, 0.29) is 5.54 Å². The van der Waals surface area contributed by atoms with Crippen molar-refractivity contribution < 1.29 is 0 Å². The number of nitrogens with zero attached hydrogens (tertiary/aromatic N) is 1. The molecule has 0 unspecified atom stereocenters. The number of nitrogens with two attached hydrogens (primary N) is 1. The minimum Gasteiger partial charge on any atom is -0.398 e. The van der Waals surface area contributed by atoms with E-state index in [9.17, 15) is 0 Å². The molecule has 0 spiro atoms. The predicted octanol–water partition coefficient (Wildman–Crippen LogP) is 3.93. The van der Waals surface area contributed by atoms with E-state index in [0.717, 1.165) is 26.8 Å². The number of nitrogens with one attached hydrogen (secondary N) is 1. The Hall–Kier alpha value is -1.29. The summed E-state index contributed by atoms with van der Waals surface area (Å²) in [6.45, 7) is 2.26. The van der Waals surface area contributed by atoms with Crippen molar-refractivity contribution in [2.24, 2.45) is 0 Å². The zero-order chi connectivity index (χ0) is 12.8. The summed E-state index contributed by atoms with van der Waals surface area (Å²) in [4.78, 5) is 4.49. The summed E-state index contributed by atoms with van der Waals surface area (Å²) < 4.78 is 0.953. The average Bonchev–Trinajstić information content (AvgIpc) is 2.31. The van der Waals surface area contributed by atoms with Crippen molar-refractivity contribution in [3.8, 4) is 0 Å². The van der Waals surface area contributed by atoms with Gasteiger partial charge in [0.1, 0.15) is 0 Å². The third-order valence-corrected chi connectivity index (χ3v) is 4.18. The number of hydrogen-bond acceptors (Lipinski definition) is 3. The van der Waals surface area contributed by atoms with Crippen LogP contribution in [0.25, 0.3) is 10.9 Å². The number of pyridine rings is 1. The Bertz CT molecular complexity index is 605. The first-order valence-electron chi connectivity index (χ1n) is 6.19. The molecule has 18 heavy (non-hydrogen) atoms. The number of hydrogen-bond donors (Lipinski definition) is 2. The summed E-state index contributed by atoms with van der Waals surface area (Å²) in [5.41, 5.74) is 9.03. The Morgan fingerprint density at radius 3 is 2.83 bits per heavy atom. The number of halogens is 1. The van der Waals surface area contributed by atoms with Crippen molar-refractivity contribution >= 4 is 38.2 Å². The molecule has 1 fully saturated rings. The summed E-state index contributed by atoms with van der Waals surface area (Å²) in [6, 6.07) is 5.99. The van der Waals surface area contributed by atoms with E-state index < -0.39 is 0 Å². The molecule has 3 nitrogen and oxygen atoms in total. The summed E-state index contributed by atoms with van der Waals surface area (Å²) in [6.07, 6.45) is 5.55. The monoisotopic (exact) mass is 305 g/mol. The van der Waals surface area contributed by atoms with Crippen LogP contribution in [0.2, 0.25) is 0 Å². The minimum atomic E-state index is 0.220. The molecular weight excluding hydrogens is 290 g/mol. The van der Waals surface area contributed by atoms with Gasteiger partial charge in [0.25, 0.3) is 0 Å². The topological polar surface area (TPSA) is 50.9 Å². The lowest BCUT2D eigenvalue weighted by atomic mass is 9.78.